The van der Waals surface area contributed by atoms with Gasteiger partial charge in [0.15, 0.2) is 11.6 Å². The van der Waals surface area contributed by atoms with Gasteiger partial charge in [-0.25, -0.2) is 9.97 Å². The fourth-order valence-electron chi connectivity index (χ4n) is 4.82. The van der Waals surface area contributed by atoms with Crippen molar-refractivity contribution in [2.75, 3.05) is 50.8 Å². The number of hydrogen-bond acceptors (Lipinski definition) is 7. The minimum absolute atomic E-state index is 0. The number of rotatable bonds is 10. The van der Waals surface area contributed by atoms with Gasteiger partial charge in [0.1, 0.15) is 0 Å². The van der Waals surface area contributed by atoms with Gasteiger partial charge < -0.3 is 19.5 Å². The maximum Gasteiger partial charge on any atom is 0.255 e. The molecule has 40 heavy (non-hydrogen) atoms. The van der Waals surface area contributed by atoms with Crippen molar-refractivity contribution in [3.05, 3.63) is 71.4 Å². The Morgan fingerprint density at radius 2 is 1.75 bits per heavy atom. The maximum atomic E-state index is 13.4. The number of benzene rings is 1. The lowest BCUT2D eigenvalue weighted by molar-refractivity contribution is 0.0562. The van der Waals surface area contributed by atoms with E-state index in [4.69, 9.17) is 10.00 Å². The summed E-state index contributed by atoms with van der Waals surface area (Å²) in [5, 5.41) is 9.10. The van der Waals surface area contributed by atoms with E-state index < -0.39 is 0 Å². The molecule has 0 radical (unpaired) electrons. The predicted octanol–water partition coefficient (Wildman–Crippen LogP) is 4.93. The van der Waals surface area contributed by atoms with Crippen molar-refractivity contribution >= 4 is 48.9 Å². The molecule has 0 saturated carbocycles. The highest BCUT2D eigenvalue weighted by atomic mass is 35.5. The van der Waals surface area contributed by atoms with Crippen LogP contribution in [0.2, 0.25) is 0 Å². The molecule has 12 heteroatoms. The van der Waals surface area contributed by atoms with E-state index in [-0.39, 0.29) is 49.2 Å². The topological polar surface area (TPSA) is 101 Å². The highest BCUT2D eigenvalue weighted by molar-refractivity contribution is 5.95. The molecule has 0 spiro atoms. The predicted molar refractivity (Wildman–Crippen MR) is 164 cm³/mol. The number of ether oxygens (including phenoxy) is 1. The van der Waals surface area contributed by atoms with Gasteiger partial charge in [-0.3, -0.25) is 9.69 Å². The van der Waals surface area contributed by atoms with E-state index in [1.54, 1.807) is 12.5 Å². The number of anilines is 1. The molecule has 1 amide bonds. The summed E-state index contributed by atoms with van der Waals surface area (Å²) < 4.78 is 5.85. The van der Waals surface area contributed by atoms with Crippen molar-refractivity contribution in [1.29, 1.82) is 5.26 Å². The highest BCUT2D eigenvalue weighted by Gasteiger charge is 2.29. The van der Waals surface area contributed by atoms with Gasteiger partial charge >= 0.3 is 0 Å². The lowest BCUT2D eigenvalue weighted by Crippen LogP contribution is -2.50. The molecule has 0 bridgehead atoms. The summed E-state index contributed by atoms with van der Waals surface area (Å²) in [5.41, 5.74) is 3.40. The molecule has 3 heterocycles. The number of pyridine rings is 1. The zero-order valence-electron chi connectivity index (χ0n) is 23.1. The fourth-order valence-corrected chi connectivity index (χ4v) is 4.82. The summed E-state index contributed by atoms with van der Waals surface area (Å²) in [6, 6.07) is 11.8. The van der Waals surface area contributed by atoms with Gasteiger partial charge in [0, 0.05) is 51.7 Å². The van der Waals surface area contributed by atoms with Gasteiger partial charge in [0.05, 0.1) is 41.9 Å². The number of imidazole rings is 1. The first-order valence-electron chi connectivity index (χ1n) is 13.0. The molecule has 0 aliphatic carbocycles. The van der Waals surface area contributed by atoms with Crippen LogP contribution in [0.15, 0.2) is 49.1 Å². The van der Waals surface area contributed by atoms with Gasteiger partial charge in [-0.2, -0.15) is 5.26 Å². The minimum Gasteiger partial charge on any atom is -0.490 e. The van der Waals surface area contributed by atoms with Crippen LogP contribution in [0, 0.1) is 11.3 Å². The first kappa shape index (κ1) is 35.0. The Hall–Kier alpha value is -3.03. The number of nitriles is 1. The van der Waals surface area contributed by atoms with E-state index in [2.05, 4.69) is 44.7 Å². The number of carbonyl (C=O) groups excluding carboxylic acids is 1. The van der Waals surface area contributed by atoms with Crippen LogP contribution in [0.3, 0.4) is 0 Å². The quantitative estimate of drug-likeness (QED) is 0.347. The average Bonchev–Trinajstić information content (AvgIpc) is 3.48. The summed E-state index contributed by atoms with van der Waals surface area (Å²) >= 11 is 0. The van der Waals surface area contributed by atoms with Crippen LogP contribution in [-0.4, -0.2) is 76.5 Å². The first-order valence-corrected chi connectivity index (χ1v) is 13.0. The number of halogens is 3. The second-order valence-electron chi connectivity index (χ2n) is 9.01. The molecular formula is C28H38Cl3N7O2. The summed E-state index contributed by atoms with van der Waals surface area (Å²) in [7, 11) is 0. The van der Waals surface area contributed by atoms with Crippen LogP contribution in [0.4, 0.5) is 5.82 Å². The highest BCUT2D eigenvalue weighted by Crippen LogP contribution is 2.29. The maximum absolute atomic E-state index is 13.4. The van der Waals surface area contributed by atoms with E-state index in [1.165, 1.54) is 0 Å². The molecule has 1 N–H and O–H groups in total. The minimum atomic E-state index is -0.0237. The van der Waals surface area contributed by atoms with E-state index in [0.29, 0.717) is 36.6 Å². The number of nitrogens with one attached hydrogen (secondary N) is 1. The first-order chi connectivity index (χ1) is 18.1. The second kappa shape index (κ2) is 16.9. The third-order valence-electron chi connectivity index (χ3n) is 6.88. The van der Waals surface area contributed by atoms with Crippen LogP contribution in [-0.2, 0) is 6.42 Å². The van der Waals surface area contributed by atoms with Gasteiger partial charge in [-0.05, 0) is 51.0 Å². The van der Waals surface area contributed by atoms with Gasteiger partial charge in [-0.15, -0.1) is 37.2 Å². The molecule has 1 aromatic carbocycles. The van der Waals surface area contributed by atoms with Crippen molar-refractivity contribution in [3.63, 3.8) is 0 Å². The Morgan fingerprint density at radius 3 is 2.30 bits per heavy atom. The summed E-state index contributed by atoms with van der Waals surface area (Å²) in [6.45, 7) is 11.0. The van der Waals surface area contributed by atoms with Crippen LogP contribution < -0.4 is 9.64 Å². The molecule has 4 rings (SSSR count). The smallest absolute Gasteiger partial charge is 0.255 e. The van der Waals surface area contributed by atoms with Gasteiger partial charge in [0.2, 0.25) is 0 Å². The second-order valence-corrected chi connectivity index (χ2v) is 9.01. The SMILES string of the molecule is CCOc1cc(C(=O)N2CCN(C(Cc3ccc(C#N)cc3)c3cnc[nH]3)CC2)cnc1N(CC)CC.Cl.Cl.Cl. The van der Waals surface area contributed by atoms with E-state index in [1.807, 2.05) is 48.4 Å². The van der Waals surface area contributed by atoms with Crippen molar-refractivity contribution in [3.8, 4) is 11.8 Å². The third-order valence-corrected chi connectivity index (χ3v) is 6.88. The molecule has 1 fully saturated rings. The Balaban J connectivity index is 0.00000267. The zero-order chi connectivity index (χ0) is 26.2. The Bertz CT molecular complexity index is 1210. The van der Waals surface area contributed by atoms with Crippen molar-refractivity contribution < 1.29 is 9.53 Å². The molecule has 1 saturated heterocycles. The summed E-state index contributed by atoms with van der Waals surface area (Å²) in [5.74, 6) is 1.40. The molecule has 1 unspecified atom stereocenters. The standard InChI is InChI=1S/C28H35N7O2.3ClH/c1-4-33(5-2)27-26(37-6-3)16-23(18-31-27)28(36)35-13-11-34(12-14-35)25(24-19-30-20-32-24)15-21-7-9-22(17-29)10-8-21;;;/h7-10,16,18-20,25H,4-6,11-15H2,1-3H3,(H,30,32);3*1H. The normalized spacial score (nSPS) is 13.6. The molecule has 218 valence electrons. The summed E-state index contributed by atoms with van der Waals surface area (Å²) in [6.07, 6.45) is 6.02. The molecule has 1 aliphatic rings. The number of piperazine rings is 1. The number of hydrogen-bond donors (Lipinski definition) is 1. The molecule has 2 aromatic heterocycles. The van der Waals surface area contributed by atoms with Crippen LogP contribution in [0.5, 0.6) is 5.75 Å². The third kappa shape index (κ3) is 8.24. The molecular weight excluding hydrogens is 573 g/mol. The molecule has 9 nitrogen and oxygen atoms in total. The van der Waals surface area contributed by atoms with Crippen LogP contribution in [0.25, 0.3) is 0 Å². The monoisotopic (exact) mass is 609 g/mol. The van der Waals surface area contributed by atoms with Gasteiger partial charge in [-0.1, -0.05) is 12.1 Å². The van der Waals surface area contributed by atoms with E-state index in [9.17, 15) is 4.79 Å². The molecule has 3 aromatic rings. The Labute approximate surface area is 255 Å². The number of H-pyrrole nitrogens is 1. The van der Waals surface area contributed by atoms with E-state index >= 15 is 0 Å². The average molecular weight is 611 g/mol. The van der Waals surface area contributed by atoms with Crippen molar-refractivity contribution in [2.45, 2.75) is 33.2 Å². The van der Waals surface area contributed by atoms with Crippen LogP contribution >= 0.6 is 37.2 Å². The lowest BCUT2D eigenvalue weighted by atomic mass is 10.0. The van der Waals surface area contributed by atoms with Crippen molar-refractivity contribution in [2.24, 2.45) is 0 Å². The number of amides is 1. The fraction of sp³-hybridized carbons (Fsp3) is 0.429. The number of aromatic amines is 1. The Kier molecular flexibility index (Phi) is 14.8. The summed E-state index contributed by atoms with van der Waals surface area (Å²) in [4.78, 5) is 31.9. The van der Waals surface area contributed by atoms with E-state index in [0.717, 1.165) is 49.7 Å². The lowest BCUT2D eigenvalue weighted by Gasteiger charge is -2.39. The number of aromatic nitrogens is 3. The van der Waals surface area contributed by atoms with Crippen molar-refractivity contribution in [1.82, 2.24) is 24.8 Å². The van der Waals surface area contributed by atoms with Crippen LogP contribution in [0.1, 0.15) is 54.0 Å². The number of carbonyl (C=O) groups is 1. The molecule has 1 aliphatic heterocycles. The largest absolute Gasteiger partial charge is 0.490 e. The Morgan fingerprint density at radius 1 is 1.07 bits per heavy atom. The number of nitrogens with zero attached hydrogens (tertiary/aromatic N) is 6. The van der Waals surface area contributed by atoms with Gasteiger partial charge in [0.25, 0.3) is 5.91 Å². The zero-order valence-corrected chi connectivity index (χ0v) is 25.5. The molecule has 1 atom stereocenters.